The van der Waals surface area contributed by atoms with Crippen LogP contribution in [-0.4, -0.2) is 7.11 Å². The first kappa shape index (κ1) is 14.9. The Labute approximate surface area is 127 Å². The van der Waals surface area contributed by atoms with Crippen molar-refractivity contribution in [2.75, 3.05) is 12.4 Å². The number of halogens is 3. The summed E-state index contributed by atoms with van der Waals surface area (Å²) < 4.78 is 18.6. The largest absolute Gasteiger partial charge is 0.494 e. The zero-order valence-electron chi connectivity index (χ0n) is 11.1. The molecule has 0 saturated heterocycles. The third-order valence-corrected chi connectivity index (χ3v) is 3.54. The lowest BCUT2D eigenvalue weighted by molar-refractivity contribution is 0.386. The highest BCUT2D eigenvalue weighted by Gasteiger charge is 2.11. The van der Waals surface area contributed by atoms with Crippen molar-refractivity contribution in [2.24, 2.45) is 0 Å². The summed E-state index contributed by atoms with van der Waals surface area (Å²) in [6.07, 6.45) is 0. The van der Waals surface area contributed by atoms with Crippen LogP contribution in [0.5, 0.6) is 5.75 Å². The van der Waals surface area contributed by atoms with E-state index >= 15 is 0 Å². The Balaban J connectivity index is 2.21. The average molecular weight is 314 g/mol. The van der Waals surface area contributed by atoms with E-state index in [-0.39, 0.29) is 11.8 Å². The maximum Gasteiger partial charge on any atom is 0.165 e. The van der Waals surface area contributed by atoms with Crippen molar-refractivity contribution in [2.45, 2.75) is 13.0 Å². The first-order chi connectivity index (χ1) is 9.51. The van der Waals surface area contributed by atoms with Crippen molar-refractivity contribution < 1.29 is 9.13 Å². The molecule has 0 heterocycles. The predicted molar refractivity (Wildman–Crippen MR) is 81.5 cm³/mol. The van der Waals surface area contributed by atoms with Gasteiger partial charge < -0.3 is 10.1 Å². The smallest absolute Gasteiger partial charge is 0.165 e. The van der Waals surface area contributed by atoms with Gasteiger partial charge in [-0.15, -0.1) is 0 Å². The molecule has 1 N–H and O–H groups in total. The molecule has 106 valence electrons. The minimum absolute atomic E-state index is 0.119. The van der Waals surface area contributed by atoms with Gasteiger partial charge in [0.15, 0.2) is 11.6 Å². The molecule has 2 nitrogen and oxygen atoms in total. The number of methoxy groups -OCH3 is 1. The Kier molecular flexibility index (Phi) is 4.73. The Morgan fingerprint density at radius 1 is 1.15 bits per heavy atom. The summed E-state index contributed by atoms with van der Waals surface area (Å²) in [6.45, 7) is 1.92. The standard InChI is InChI=1S/C15H14Cl2FNO/c1-9(10-3-6-15(20-2)13(18)7-10)19-14-8-11(16)4-5-12(14)17/h3-9,19H,1-2H3. The number of hydrogen-bond donors (Lipinski definition) is 1. The van der Waals surface area contributed by atoms with Crippen LogP contribution in [0.15, 0.2) is 36.4 Å². The molecule has 20 heavy (non-hydrogen) atoms. The normalized spacial score (nSPS) is 12.1. The molecule has 0 aromatic heterocycles. The van der Waals surface area contributed by atoms with Crippen LogP contribution in [0.1, 0.15) is 18.5 Å². The lowest BCUT2D eigenvalue weighted by atomic mass is 10.1. The number of nitrogens with one attached hydrogen (secondary N) is 1. The monoisotopic (exact) mass is 313 g/mol. The van der Waals surface area contributed by atoms with Crippen molar-refractivity contribution in [3.05, 3.63) is 57.8 Å². The molecule has 2 rings (SSSR count). The lowest BCUT2D eigenvalue weighted by Gasteiger charge is -2.17. The molecule has 1 unspecified atom stereocenters. The van der Waals surface area contributed by atoms with E-state index in [1.165, 1.54) is 13.2 Å². The highest BCUT2D eigenvalue weighted by atomic mass is 35.5. The molecule has 1 atom stereocenters. The van der Waals surface area contributed by atoms with E-state index < -0.39 is 5.82 Å². The van der Waals surface area contributed by atoms with Crippen molar-refractivity contribution >= 4 is 28.9 Å². The van der Waals surface area contributed by atoms with Crippen LogP contribution in [0.2, 0.25) is 10.0 Å². The molecular formula is C15H14Cl2FNO. The molecule has 5 heteroatoms. The van der Waals surface area contributed by atoms with Gasteiger partial charge in [-0.25, -0.2) is 4.39 Å². The zero-order chi connectivity index (χ0) is 14.7. The van der Waals surface area contributed by atoms with Gasteiger partial charge in [0.25, 0.3) is 0 Å². The second kappa shape index (κ2) is 6.33. The van der Waals surface area contributed by atoms with Crippen LogP contribution in [0.3, 0.4) is 0 Å². The van der Waals surface area contributed by atoms with Crippen LogP contribution in [0.25, 0.3) is 0 Å². The van der Waals surface area contributed by atoms with E-state index in [1.807, 2.05) is 6.92 Å². The molecule has 0 aliphatic heterocycles. The summed E-state index contributed by atoms with van der Waals surface area (Å²) >= 11 is 12.0. The van der Waals surface area contributed by atoms with Gasteiger partial charge in [-0.2, -0.15) is 0 Å². The molecule has 0 aliphatic carbocycles. The molecular weight excluding hydrogens is 300 g/mol. The first-order valence-corrected chi connectivity index (χ1v) is 6.82. The molecule has 0 bridgehead atoms. The van der Waals surface area contributed by atoms with Crippen LogP contribution in [0, 0.1) is 5.82 Å². The maximum absolute atomic E-state index is 13.7. The Morgan fingerprint density at radius 2 is 1.90 bits per heavy atom. The summed E-state index contributed by atoms with van der Waals surface area (Å²) in [7, 11) is 1.44. The van der Waals surface area contributed by atoms with E-state index in [1.54, 1.807) is 30.3 Å². The van der Waals surface area contributed by atoms with Gasteiger partial charge in [-0.3, -0.25) is 0 Å². The number of hydrogen-bond acceptors (Lipinski definition) is 2. The first-order valence-electron chi connectivity index (χ1n) is 6.06. The van der Waals surface area contributed by atoms with Gasteiger partial charge in [-0.05, 0) is 42.8 Å². The average Bonchev–Trinajstić information content (AvgIpc) is 2.42. The fourth-order valence-corrected chi connectivity index (χ4v) is 2.22. The maximum atomic E-state index is 13.7. The predicted octanol–water partition coefficient (Wildman–Crippen LogP) is 5.31. The van der Waals surface area contributed by atoms with E-state index in [0.717, 1.165) is 5.56 Å². The third-order valence-electron chi connectivity index (χ3n) is 2.98. The third kappa shape index (κ3) is 3.35. The van der Waals surface area contributed by atoms with Gasteiger partial charge >= 0.3 is 0 Å². The number of anilines is 1. The minimum Gasteiger partial charge on any atom is -0.494 e. The van der Waals surface area contributed by atoms with Crippen molar-refractivity contribution in [3.63, 3.8) is 0 Å². The summed E-state index contributed by atoms with van der Waals surface area (Å²) in [5.41, 5.74) is 1.50. The van der Waals surface area contributed by atoms with E-state index in [2.05, 4.69) is 5.32 Å². The molecule has 0 spiro atoms. The number of benzene rings is 2. The quantitative estimate of drug-likeness (QED) is 0.825. The van der Waals surface area contributed by atoms with Crippen LogP contribution >= 0.6 is 23.2 Å². The van der Waals surface area contributed by atoms with Crippen molar-refractivity contribution in [3.8, 4) is 5.75 Å². The Morgan fingerprint density at radius 3 is 2.55 bits per heavy atom. The van der Waals surface area contributed by atoms with Crippen LogP contribution < -0.4 is 10.1 Å². The molecule has 2 aromatic rings. The second-order valence-corrected chi connectivity index (χ2v) is 5.23. The van der Waals surface area contributed by atoms with E-state index in [0.29, 0.717) is 15.7 Å². The van der Waals surface area contributed by atoms with E-state index in [4.69, 9.17) is 27.9 Å². The fourth-order valence-electron chi connectivity index (χ4n) is 1.88. The Hall–Kier alpha value is -1.45. The van der Waals surface area contributed by atoms with E-state index in [9.17, 15) is 4.39 Å². The van der Waals surface area contributed by atoms with Crippen molar-refractivity contribution in [1.29, 1.82) is 0 Å². The molecule has 0 saturated carbocycles. The van der Waals surface area contributed by atoms with Crippen LogP contribution in [0.4, 0.5) is 10.1 Å². The molecule has 0 aliphatic rings. The molecule has 2 aromatic carbocycles. The second-order valence-electron chi connectivity index (χ2n) is 4.38. The van der Waals surface area contributed by atoms with Gasteiger partial charge in [0.05, 0.1) is 17.8 Å². The molecule has 0 fully saturated rings. The number of ether oxygens (including phenoxy) is 1. The fraction of sp³-hybridized carbons (Fsp3) is 0.200. The Bertz CT molecular complexity index is 619. The summed E-state index contributed by atoms with van der Waals surface area (Å²) in [5, 5.41) is 4.36. The number of rotatable bonds is 4. The summed E-state index contributed by atoms with van der Waals surface area (Å²) in [6, 6.07) is 9.89. The van der Waals surface area contributed by atoms with Crippen LogP contribution in [-0.2, 0) is 0 Å². The topological polar surface area (TPSA) is 21.3 Å². The highest BCUT2D eigenvalue weighted by Crippen LogP contribution is 2.30. The zero-order valence-corrected chi connectivity index (χ0v) is 12.6. The lowest BCUT2D eigenvalue weighted by Crippen LogP contribution is -2.07. The summed E-state index contributed by atoms with van der Waals surface area (Å²) in [4.78, 5) is 0. The SMILES string of the molecule is COc1ccc(C(C)Nc2cc(Cl)ccc2Cl)cc1F. The van der Waals surface area contributed by atoms with Gasteiger partial charge in [0.2, 0.25) is 0 Å². The summed E-state index contributed by atoms with van der Waals surface area (Å²) in [5.74, 6) is -0.169. The molecule has 0 radical (unpaired) electrons. The van der Waals surface area contributed by atoms with Gasteiger partial charge in [-0.1, -0.05) is 29.3 Å². The minimum atomic E-state index is -0.393. The highest BCUT2D eigenvalue weighted by molar-refractivity contribution is 6.35. The van der Waals surface area contributed by atoms with Gasteiger partial charge in [0.1, 0.15) is 0 Å². The van der Waals surface area contributed by atoms with Crippen molar-refractivity contribution in [1.82, 2.24) is 0 Å². The molecule has 0 amide bonds. The van der Waals surface area contributed by atoms with Gasteiger partial charge in [0, 0.05) is 11.1 Å².